The van der Waals surface area contributed by atoms with Gasteiger partial charge in [-0.3, -0.25) is 9.88 Å². The number of likely N-dealkylation sites (tertiary alicyclic amines) is 1. The highest BCUT2D eigenvalue weighted by atomic mass is 16.3. The van der Waals surface area contributed by atoms with Crippen molar-refractivity contribution < 1.29 is 5.11 Å². The van der Waals surface area contributed by atoms with Crippen molar-refractivity contribution in [2.24, 2.45) is 0 Å². The first-order valence-corrected chi connectivity index (χ1v) is 7.91. The molecule has 0 amide bonds. The Morgan fingerprint density at radius 3 is 3.00 bits per heavy atom. The topological polar surface area (TPSA) is 61.3 Å². The van der Waals surface area contributed by atoms with Crippen molar-refractivity contribution in [2.75, 3.05) is 18.4 Å². The number of rotatable bonds is 6. The zero-order valence-corrected chi connectivity index (χ0v) is 13.2. The third-order valence-electron chi connectivity index (χ3n) is 4.00. The Balaban J connectivity index is 1.52. The van der Waals surface area contributed by atoms with E-state index in [1.165, 1.54) is 0 Å². The number of allylic oxidation sites excluding steroid dienone is 1. The first-order valence-electron chi connectivity index (χ1n) is 7.91. The van der Waals surface area contributed by atoms with Crippen LogP contribution in [0.1, 0.15) is 17.7 Å². The van der Waals surface area contributed by atoms with E-state index in [0.717, 1.165) is 49.6 Å². The highest BCUT2D eigenvalue weighted by Crippen LogP contribution is 2.18. The lowest BCUT2D eigenvalue weighted by Gasteiger charge is -2.17. The molecule has 0 radical (unpaired) electrons. The van der Waals surface area contributed by atoms with E-state index in [1.54, 1.807) is 18.5 Å². The number of benzene rings is 1. The number of anilines is 1. The maximum atomic E-state index is 9.54. The molecule has 3 rings (SSSR count). The maximum absolute atomic E-state index is 9.54. The lowest BCUT2D eigenvalue weighted by molar-refractivity contribution is 0.328. The fourth-order valence-electron chi connectivity index (χ4n) is 2.90. The Morgan fingerprint density at radius 1 is 1.35 bits per heavy atom. The number of aromatic hydroxyl groups is 1. The van der Waals surface area contributed by atoms with Crippen molar-refractivity contribution in [2.45, 2.75) is 25.4 Å². The summed E-state index contributed by atoms with van der Waals surface area (Å²) >= 11 is 0. The molecule has 0 saturated carbocycles. The number of phenolic OH excluding ortho intramolecular Hbond substituents is 1. The normalized spacial score (nSPS) is 18.0. The van der Waals surface area contributed by atoms with Crippen LogP contribution in [0.4, 0.5) is 5.82 Å². The zero-order chi connectivity index (χ0) is 16.1. The summed E-state index contributed by atoms with van der Waals surface area (Å²) in [5, 5.41) is 13.0. The molecule has 1 aliphatic rings. The van der Waals surface area contributed by atoms with Crippen molar-refractivity contribution in [1.82, 2.24) is 14.9 Å². The van der Waals surface area contributed by atoms with Crippen molar-refractivity contribution >= 4 is 5.82 Å². The van der Waals surface area contributed by atoms with Crippen LogP contribution in [0, 0.1) is 0 Å². The van der Waals surface area contributed by atoms with Gasteiger partial charge in [-0.15, -0.1) is 6.58 Å². The standard InChI is InChI=1S/C18H22N4O/c1-2-4-15-10-20-18(11-19-15)21-16-7-8-22(13-16)12-14-5-3-6-17(23)9-14/h2-3,5-6,9-11,16,23H,1,4,7-8,12-13H2,(H,20,21)/t16-/m1/s1. The average molecular weight is 310 g/mol. The molecule has 1 saturated heterocycles. The Kier molecular flexibility index (Phi) is 4.88. The van der Waals surface area contributed by atoms with E-state index in [0.29, 0.717) is 11.8 Å². The van der Waals surface area contributed by atoms with Gasteiger partial charge < -0.3 is 10.4 Å². The molecule has 2 aromatic rings. The van der Waals surface area contributed by atoms with Gasteiger partial charge in [-0.05, 0) is 24.1 Å². The minimum Gasteiger partial charge on any atom is -0.508 e. The Hall–Kier alpha value is -2.40. The van der Waals surface area contributed by atoms with Crippen LogP contribution in [0.3, 0.4) is 0 Å². The van der Waals surface area contributed by atoms with Gasteiger partial charge in [-0.2, -0.15) is 0 Å². The molecule has 23 heavy (non-hydrogen) atoms. The predicted octanol–water partition coefficient (Wildman–Crippen LogP) is 2.60. The van der Waals surface area contributed by atoms with E-state index >= 15 is 0 Å². The molecule has 1 aromatic heterocycles. The van der Waals surface area contributed by atoms with Gasteiger partial charge in [0.25, 0.3) is 0 Å². The molecule has 0 aliphatic carbocycles. The van der Waals surface area contributed by atoms with Crippen molar-refractivity contribution in [3.63, 3.8) is 0 Å². The second-order valence-electron chi connectivity index (χ2n) is 5.92. The number of nitrogens with zero attached hydrogens (tertiary/aromatic N) is 3. The van der Waals surface area contributed by atoms with Gasteiger partial charge in [0.2, 0.25) is 0 Å². The molecule has 0 unspecified atom stereocenters. The lowest BCUT2D eigenvalue weighted by Crippen LogP contribution is -2.26. The zero-order valence-electron chi connectivity index (χ0n) is 13.2. The third-order valence-corrected chi connectivity index (χ3v) is 4.00. The van der Waals surface area contributed by atoms with E-state index in [-0.39, 0.29) is 0 Å². The van der Waals surface area contributed by atoms with Crippen molar-refractivity contribution in [3.8, 4) is 5.75 Å². The predicted molar refractivity (Wildman–Crippen MR) is 91.3 cm³/mol. The van der Waals surface area contributed by atoms with Gasteiger partial charge in [-0.25, -0.2) is 4.98 Å². The first-order chi connectivity index (χ1) is 11.2. The minimum atomic E-state index is 0.325. The lowest BCUT2D eigenvalue weighted by atomic mass is 10.2. The monoisotopic (exact) mass is 310 g/mol. The van der Waals surface area contributed by atoms with Crippen molar-refractivity contribution in [1.29, 1.82) is 0 Å². The number of hydrogen-bond donors (Lipinski definition) is 2. The highest BCUT2D eigenvalue weighted by Gasteiger charge is 2.22. The van der Waals surface area contributed by atoms with Crippen LogP contribution in [0.5, 0.6) is 5.75 Å². The summed E-state index contributed by atoms with van der Waals surface area (Å²) in [5.41, 5.74) is 2.07. The molecule has 0 bridgehead atoms. The molecule has 2 N–H and O–H groups in total. The Labute approximate surface area is 136 Å². The summed E-state index contributed by atoms with van der Waals surface area (Å²) in [7, 11) is 0. The van der Waals surface area contributed by atoms with Gasteiger partial charge in [0.1, 0.15) is 11.6 Å². The summed E-state index contributed by atoms with van der Waals surface area (Å²) < 4.78 is 0. The van der Waals surface area contributed by atoms with E-state index in [2.05, 4.69) is 26.8 Å². The quantitative estimate of drug-likeness (QED) is 0.803. The van der Waals surface area contributed by atoms with Crippen molar-refractivity contribution in [3.05, 3.63) is 60.6 Å². The third kappa shape index (κ3) is 4.29. The summed E-state index contributed by atoms with van der Waals surface area (Å²) in [4.78, 5) is 11.2. The van der Waals surface area contributed by atoms with Crippen LogP contribution >= 0.6 is 0 Å². The average Bonchev–Trinajstić information content (AvgIpc) is 2.97. The van der Waals surface area contributed by atoms with Crippen LogP contribution in [-0.4, -0.2) is 39.1 Å². The molecule has 2 heterocycles. The summed E-state index contributed by atoms with van der Waals surface area (Å²) in [6, 6.07) is 7.84. The molecule has 1 atom stereocenters. The summed E-state index contributed by atoms with van der Waals surface area (Å²) in [6.45, 7) is 6.56. The molecule has 1 fully saturated rings. The van der Waals surface area contributed by atoms with Crippen LogP contribution in [0.15, 0.2) is 49.3 Å². The molecule has 5 nitrogen and oxygen atoms in total. The number of phenols is 1. The number of hydrogen-bond acceptors (Lipinski definition) is 5. The molecular weight excluding hydrogens is 288 g/mol. The van der Waals surface area contributed by atoms with Gasteiger partial charge in [0, 0.05) is 32.1 Å². The highest BCUT2D eigenvalue weighted by molar-refractivity contribution is 5.33. The second kappa shape index (κ2) is 7.24. The summed E-state index contributed by atoms with van der Waals surface area (Å²) in [6.07, 6.45) is 7.23. The van der Waals surface area contributed by atoms with E-state index in [4.69, 9.17) is 0 Å². The second-order valence-corrected chi connectivity index (χ2v) is 5.92. The van der Waals surface area contributed by atoms with Gasteiger partial charge in [-0.1, -0.05) is 18.2 Å². The molecule has 1 aromatic carbocycles. The van der Waals surface area contributed by atoms with Crippen LogP contribution in [-0.2, 0) is 13.0 Å². The Bertz CT molecular complexity index is 656. The first kappa shape index (κ1) is 15.5. The van der Waals surface area contributed by atoms with E-state index in [1.807, 2.05) is 24.3 Å². The van der Waals surface area contributed by atoms with Crippen LogP contribution < -0.4 is 5.32 Å². The van der Waals surface area contributed by atoms with Gasteiger partial charge in [0.05, 0.1) is 18.1 Å². The fourth-order valence-corrected chi connectivity index (χ4v) is 2.90. The van der Waals surface area contributed by atoms with Gasteiger partial charge >= 0.3 is 0 Å². The summed E-state index contributed by atoms with van der Waals surface area (Å²) in [5.74, 6) is 1.15. The van der Waals surface area contributed by atoms with Crippen LogP contribution in [0.25, 0.3) is 0 Å². The number of nitrogens with one attached hydrogen (secondary N) is 1. The Morgan fingerprint density at radius 2 is 2.26 bits per heavy atom. The minimum absolute atomic E-state index is 0.325. The number of aromatic nitrogens is 2. The molecule has 120 valence electrons. The molecule has 0 spiro atoms. The molecular formula is C18H22N4O. The molecule has 1 aliphatic heterocycles. The van der Waals surface area contributed by atoms with E-state index < -0.39 is 0 Å². The molecule has 5 heteroatoms. The van der Waals surface area contributed by atoms with E-state index in [9.17, 15) is 5.11 Å². The smallest absolute Gasteiger partial charge is 0.144 e. The largest absolute Gasteiger partial charge is 0.508 e. The van der Waals surface area contributed by atoms with Crippen LogP contribution in [0.2, 0.25) is 0 Å². The fraction of sp³-hybridized carbons (Fsp3) is 0.333. The maximum Gasteiger partial charge on any atom is 0.144 e. The van der Waals surface area contributed by atoms with Gasteiger partial charge in [0.15, 0.2) is 0 Å². The SMILES string of the molecule is C=CCc1cnc(N[C@@H]2CCN(Cc3cccc(O)c3)C2)cn1.